The molecule has 0 atom stereocenters. The molecule has 0 aromatic heterocycles. The van der Waals surface area contributed by atoms with Crippen molar-refractivity contribution in [2.24, 2.45) is 0 Å². The largest absolute Gasteiger partial charge is 0.494 e. The molecule has 0 unspecified atom stereocenters. The second kappa shape index (κ2) is 4.54. The highest BCUT2D eigenvalue weighted by Gasteiger charge is 2.13. The van der Waals surface area contributed by atoms with Crippen LogP contribution in [0.25, 0.3) is 0 Å². The number of hydrogen-bond acceptors (Lipinski definition) is 3. The number of ether oxygens (including phenoxy) is 1. The number of hydrogen-bond donors (Lipinski definition) is 1. The van der Waals surface area contributed by atoms with Crippen LogP contribution in [-0.2, 0) is 16.0 Å². The van der Waals surface area contributed by atoms with Gasteiger partial charge in [-0.2, -0.15) is 0 Å². The summed E-state index contributed by atoms with van der Waals surface area (Å²) in [4.78, 5) is 21.1. The van der Waals surface area contributed by atoms with Gasteiger partial charge in [-0.25, -0.2) is 9.18 Å². The molecule has 0 saturated carbocycles. The quantitative estimate of drug-likeness (QED) is 0.757. The lowest BCUT2D eigenvalue weighted by Crippen LogP contribution is -2.15. The van der Waals surface area contributed by atoms with E-state index in [0.717, 1.165) is 6.07 Å². The molecule has 80 valence electrons. The van der Waals surface area contributed by atoms with Crippen LogP contribution in [-0.4, -0.2) is 24.0 Å². The van der Waals surface area contributed by atoms with Gasteiger partial charge in [0.25, 0.3) is 0 Å². The molecule has 0 heterocycles. The van der Waals surface area contributed by atoms with Crippen LogP contribution in [0.4, 0.5) is 4.39 Å². The van der Waals surface area contributed by atoms with Gasteiger partial charge in [-0.05, 0) is 17.7 Å². The van der Waals surface area contributed by atoms with Crippen LogP contribution in [0.3, 0.4) is 0 Å². The summed E-state index contributed by atoms with van der Waals surface area (Å²) in [6.07, 6.45) is -0.272. The molecule has 4 nitrogen and oxygen atoms in total. The van der Waals surface area contributed by atoms with E-state index in [-0.39, 0.29) is 12.2 Å². The molecule has 0 saturated heterocycles. The van der Waals surface area contributed by atoms with Gasteiger partial charge in [-0.3, -0.25) is 4.79 Å². The Balaban J connectivity index is 2.87. The summed E-state index contributed by atoms with van der Waals surface area (Å²) < 4.78 is 17.6. The lowest BCUT2D eigenvalue weighted by atomic mass is 10.1. The summed E-state index contributed by atoms with van der Waals surface area (Å²) >= 11 is 0. The van der Waals surface area contributed by atoms with Crippen LogP contribution in [0.15, 0.2) is 18.2 Å². The van der Waals surface area contributed by atoms with E-state index in [2.05, 4.69) is 0 Å². The summed E-state index contributed by atoms with van der Waals surface area (Å²) in [6, 6.07) is 3.78. The molecule has 0 aliphatic carbocycles. The minimum atomic E-state index is -1.50. The van der Waals surface area contributed by atoms with Crippen molar-refractivity contribution in [1.82, 2.24) is 0 Å². The zero-order chi connectivity index (χ0) is 11.4. The van der Waals surface area contributed by atoms with E-state index in [1.54, 1.807) is 0 Å². The normalized spacial score (nSPS) is 9.73. The molecule has 0 radical (unpaired) electrons. The Hall–Kier alpha value is -1.91. The van der Waals surface area contributed by atoms with E-state index in [9.17, 15) is 14.0 Å². The number of aliphatic carboxylic acids is 1. The van der Waals surface area contributed by atoms with Crippen LogP contribution in [0, 0.1) is 5.82 Å². The van der Waals surface area contributed by atoms with Gasteiger partial charge in [0.1, 0.15) is 0 Å². The average Bonchev–Trinajstić information content (AvgIpc) is 2.20. The van der Waals surface area contributed by atoms with Crippen molar-refractivity contribution in [1.29, 1.82) is 0 Å². The fourth-order valence-corrected chi connectivity index (χ4v) is 1.08. The molecule has 0 spiro atoms. The van der Waals surface area contributed by atoms with Crippen LogP contribution < -0.4 is 4.74 Å². The Labute approximate surface area is 85.3 Å². The minimum Gasteiger partial charge on any atom is -0.494 e. The molecule has 0 fully saturated rings. The molecule has 1 N–H and O–H groups in total. The van der Waals surface area contributed by atoms with Crippen molar-refractivity contribution in [2.45, 2.75) is 6.42 Å². The number of carboxylic acid groups (broad SMARTS) is 1. The average molecular weight is 212 g/mol. The smallest absolute Gasteiger partial charge is 0.372 e. The summed E-state index contributed by atoms with van der Waals surface area (Å²) in [6.45, 7) is 0. The third kappa shape index (κ3) is 2.77. The first-order valence-electron chi connectivity index (χ1n) is 4.13. The van der Waals surface area contributed by atoms with Gasteiger partial charge in [0, 0.05) is 6.42 Å². The SMILES string of the molecule is COc1cc(CC(=O)C(=O)O)ccc1F. The molecule has 0 bridgehead atoms. The third-order valence-corrected chi connectivity index (χ3v) is 1.82. The van der Waals surface area contributed by atoms with E-state index < -0.39 is 17.6 Å². The maximum Gasteiger partial charge on any atom is 0.372 e. The number of carbonyl (C=O) groups excluding carboxylic acids is 1. The van der Waals surface area contributed by atoms with E-state index in [4.69, 9.17) is 9.84 Å². The molecule has 1 rings (SSSR count). The van der Waals surface area contributed by atoms with E-state index in [0.29, 0.717) is 5.56 Å². The number of carbonyl (C=O) groups is 2. The predicted octanol–water partition coefficient (Wildman–Crippen LogP) is 1.03. The monoisotopic (exact) mass is 212 g/mol. The lowest BCUT2D eigenvalue weighted by molar-refractivity contribution is -0.148. The highest BCUT2D eigenvalue weighted by Crippen LogP contribution is 2.18. The Morgan fingerprint density at radius 3 is 2.67 bits per heavy atom. The van der Waals surface area contributed by atoms with Gasteiger partial charge in [0.2, 0.25) is 5.78 Å². The Kier molecular flexibility index (Phi) is 3.38. The number of rotatable bonds is 4. The number of benzene rings is 1. The Bertz CT molecular complexity index is 400. The first-order valence-corrected chi connectivity index (χ1v) is 4.13. The standard InChI is InChI=1S/C10H9FO4/c1-15-9-5-6(2-3-7(9)11)4-8(12)10(13)14/h2-3,5H,4H2,1H3,(H,13,14). The zero-order valence-corrected chi connectivity index (χ0v) is 7.99. The van der Waals surface area contributed by atoms with Crippen LogP contribution >= 0.6 is 0 Å². The Morgan fingerprint density at radius 2 is 2.13 bits per heavy atom. The summed E-state index contributed by atoms with van der Waals surface area (Å²) in [5, 5.41) is 8.37. The Morgan fingerprint density at radius 1 is 1.47 bits per heavy atom. The number of ketones is 1. The minimum absolute atomic E-state index is 0.00862. The molecule has 1 aromatic rings. The van der Waals surface area contributed by atoms with Gasteiger partial charge in [0.15, 0.2) is 11.6 Å². The molecular weight excluding hydrogens is 203 g/mol. The van der Waals surface area contributed by atoms with Crippen molar-refractivity contribution in [3.05, 3.63) is 29.6 Å². The van der Waals surface area contributed by atoms with Crippen LogP contribution in [0.2, 0.25) is 0 Å². The number of halogens is 1. The number of methoxy groups -OCH3 is 1. The van der Waals surface area contributed by atoms with Gasteiger partial charge >= 0.3 is 5.97 Å². The fraction of sp³-hybridized carbons (Fsp3) is 0.200. The maximum absolute atomic E-state index is 12.9. The molecule has 5 heteroatoms. The highest BCUT2D eigenvalue weighted by molar-refractivity contribution is 6.33. The molecule has 15 heavy (non-hydrogen) atoms. The summed E-state index contributed by atoms with van der Waals surface area (Å²) in [7, 11) is 1.29. The van der Waals surface area contributed by atoms with Gasteiger partial charge in [-0.15, -0.1) is 0 Å². The van der Waals surface area contributed by atoms with Crippen molar-refractivity contribution in [3.8, 4) is 5.75 Å². The molecule has 1 aromatic carbocycles. The molecule has 0 amide bonds. The summed E-state index contributed by atoms with van der Waals surface area (Å²) in [5.74, 6) is -3.00. The molecule has 0 aliphatic rings. The summed E-state index contributed by atoms with van der Waals surface area (Å²) in [5.41, 5.74) is 0.403. The molecule has 0 aliphatic heterocycles. The topological polar surface area (TPSA) is 63.6 Å². The van der Waals surface area contributed by atoms with Crippen molar-refractivity contribution >= 4 is 11.8 Å². The number of Topliss-reactive ketones (excluding diaryl/α,β-unsaturated/α-hetero) is 1. The second-order valence-electron chi connectivity index (χ2n) is 2.87. The number of carboxylic acids is 1. The second-order valence-corrected chi connectivity index (χ2v) is 2.87. The maximum atomic E-state index is 12.9. The van der Waals surface area contributed by atoms with Crippen LogP contribution in [0.1, 0.15) is 5.56 Å². The first-order chi connectivity index (χ1) is 7.04. The van der Waals surface area contributed by atoms with E-state index in [1.165, 1.54) is 19.2 Å². The van der Waals surface area contributed by atoms with Crippen molar-refractivity contribution < 1.29 is 23.8 Å². The molecular formula is C10H9FO4. The van der Waals surface area contributed by atoms with Gasteiger partial charge in [-0.1, -0.05) is 6.07 Å². The van der Waals surface area contributed by atoms with E-state index in [1.807, 2.05) is 0 Å². The highest BCUT2D eigenvalue weighted by atomic mass is 19.1. The van der Waals surface area contributed by atoms with Crippen LogP contribution in [0.5, 0.6) is 5.75 Å². The first kappa shape index (κ1) is 11.2. The van der Waals surface area contributed by atoms with Gasteiger partial charge in [0.05, 0.1) is 7.11 Å². The van der Waals surface area contributed by atoms with Gasteiger partial charge < -0.3 is 9.84 Å². The lowest BCUT2D eigenvalue weighted by Gasteiger charge is -2.03. The van der Waals surface area contributed by atoms with Crippen molar-refractivity contribution in [2.75, 3.05) is 7.11 Å². The fourth-order valence-electron chi connectivity index (χ4n) is 1.08. The predicted molar refractivity (Wildman–Crippen MR) is 49.3 cm³/mol. The van der Waals surface area contributed by atoms with Crippen molar-refractivity contribution in [3.63, 3.8) is 0 Å². The zero-order valence-electron chi connectivity index (χ0n) is 7.99. The third-order valence-electron chi connectivity index (χ3n) is 1.82. The van der Waals surface area contributed by atoms with E-state index >= 15 is 0 Å².